The number of amides is 1. The van der Waals surface area contributed by atoms with Crippen molar-refractivity contribution >= 4 is 40.4 Å². The molecule has 0 spiro atoms. The number of nitrogens with two attached hydrogens (primary N) is 1. The standard InChI is InChI=1S/C11H14N4O4S/c1-6(14(2)11(16)17)10(20)13-9-5-7(15(18)19)3-4-8(9)12/h3-6H,12H2,1-2H3,(H,13,20)(H,16,17)/t6-/m0/s1. The van der Waals surface area contributed by atoms with E-state index in [4.69, 9.17) is 23.1 Å². The molecule has 0 aromatic heterocycles. The molecule has 0 fully saturated rings. The Morgan fingerprint density at radius 3 is 2.70 bits per heavy atom. The fourth-order valence-electron chi connectivity index (χ4n) is 1.34. The fourth-order valence-corrected chi connectivity index (χ4v) is 1.61. The lowest BCUT2D eigenvalue weighted by molar-refractivity contribution is -0.384. The van der Waals surface area contributed by atoms with Crippen LogP contribution in [0.1, 0.15) is 6.92 Å². The summed E-state index contributed by atoms with van der Waals surface area (Å²) < 4.78 is 0. The van der Waals surface area contributed by atoms with Gasteiger partial charge in [-0.1, -0.05) is 12.2 Å². The second-order valence-electron chi connectivity index (χ2n) is 4.09. The van der Waals surface area contributed by atoms with E-state index in [1.807, 2.05) is 0 Å². The highest BCUT2D eigenvalue weighted by molar-refractivity contribution is 7.80. The van der Waals surface area contributed by atoms with E-state index < -0.39 is 17.1 Å². The Hall–Kier alpha value is -2.42. The Balaban J connectivity index is 2.93. The molecule has 1 aromatic rings. The van der Waals surface area contributed by atoms with Crippen molar-refractivity contribution in [2.75, 3.05) is 18.1 Å². The van der Waals surface area contributed by atoms with Gasteiger partial charge in [0.25, 0.3) is 5.69 Å². The second-order valence-corrected chi connectivity index (χ2v) is 4.53. The summed E-state index contributed by atoms with van der Waals surface area (Å²) in [6.45, 7) is 1.59. The van der Waals surface area contributed by atoms with Gasteiger partial charge in [0.15, 0.2) is 0 Å². The molecule has 8 nitrogen and oxygen atoms in total. The smallest absolute Gasteiger partial charge is 0.407 e. The highest BCUT2D eigenvalue weighted by Gasteiger charge is 2.20. The first-order chi connectivity index (χ1) is 9.23. The third-order valence-corrected chi connectivity index (χ3v) is 3.21. The predicted octanol–water partition coefficient (Wildman–Crippen LogP) is 1.91. The fraction of sp³-hybridized carbons (Fsp3) is 0.273. The second kappa shape index (κ2) is 6.15. The van der Waals surface area contributed by atoms with E-state index >= 15 is 0 Å². The maximum atomic E-state index is 10.8. The van der Waals surface area contributed by atoms with E-state index in [-0.39, 0.29) is 22.1 Å². The molecule has 0 aliphatic rings. The summed E-state index contributed by atoms with van der Waals surface area (Å²) in [5.74, 6) is 0. The predicted molar refractivity (Wildman–Crippen MR) is 79.0 cm³/mol. The van der Waals surface area contributed by atoms with Crippen LogP contribution in [0.2, 0.25) is 0 Å². The number of carboxylic acid groups (broad SMARTS) is 1. The number of nitrogens with one attached hydrogen (secondary N) is 1. The van der Waals surface area contributed by atoms with Crippen molar-refractivity contribution in [3.63, 3.8) is 0 Å². The van der Waals surface area contributed by atoms with Crippen LogP contribution >= 0.6 is 12.2 Å². The molecule has 0 saturated carbocycles. The van der Waals surface area contributed by atoms with Crippen LogP contribution in [0.5, 0.6) is 0 Å². The molecule has 0 aliphatic carbocycles. The van der Waals surface area contributed by atoms with Gasteiger partial charge in [-0.15, -0.1) is 0 Å². The average Bonchev–Trinajstić information content (AvgIpc) is 2.38. The number of thiocarbonyl (C=S) groups is 1. The van der Waals surface area contributed by atoms with Gasteiger partial charge in [-0.25, -0.2) is 4.79 Å². The summed E-state index contributed by atoms with van der Waals surface area (Å²) in [6, 6.07) is 3.31. The zero-order chi connectivity index (χ0) is 15.4. The molecule has 108 valence electrons. The molecular weight excluding hydrogens is 284 g/mol. The van der Waals surface area contributed by atoms with Crippen molar-refractivity contribution in [3.8, 4) is 0 Å². The summed E-state index contributed by atoms with van der Waals surface area (Å²) in [5, 5.41) is 22.3. The number of likely N-dealkylation sites (N-methyl/N-ethyl adjacent to an activating group) is 1. The summed E-state index contributed by atoms with van der Waals surface area (Å²) >= 11 is 5.08. The molecule has 1 rings (SSSR count). The Morgan fingerprint density at radius 2 is 2.20 bits per heavy atom. The van der Waals surface area contributed by atoms with E-state index in [9.17, 15) is 14.9 Å². The van der Waals surface area contributed by atoms with E-state index in [2.05, 4.69) is 5.32 Å². The van der Waals surface area contributed by atoms with E-state index in [0.717, 1.165) is 4.90 Å². The molecule has 0 unspecified atom stereocenters. The molecule has 0 radical (unpaired) electrons. The number of non-ortho nitro benzene ring substituents is 1. The van der Waals surface area contributed by atoms with Gasteiger partial charge >= 0.3 is 6.09 Å². The van der Waals surface area contributed by atoms with Crippen LogP contribution in [0.15, 0.2) is 18.2 Å². The Labute approximate surface area is 120 Å². The molecule has 1 atom stereocenters. The van der Waals surface area contributed by atoms with Gasteiger partial charge < -0.3 is 21.1 Å². The molecule has 0 bridgehead atoms. The number of benzene rings is 1. The number of rotatable bonds is 4. The molecule has 0 saturated heterocycles. The number of nitro groups is 1. The lowest BCUT2D eigenvalue weighted by Gasteiger charge is -2.23. The molecule has 20 heavy (non-hydrogen) atoms. The van der Waals surface area contributed by atoms with E-state index in [0.29, 0.717) is 0 Å². The quantitative estimate of drug-likeness (QED) is 0.336. The number of hydrogen-bond acceptors (Lipinski definition) is 5. The van der Waals surface area contributed by atoms with Crippen LogP contribution in [0, 0.1) is 10.1 Å². The molecule has 0 aliphatic heterocycles. The molecular formula is C11H14N4O4S. The van der Waals surface area contributed by atoms with Crippen molar-refractivity contribution < 1.29 is 14.8 Å². The number of anilines is 2. The highest BCUT2D eigenvalue weighted by atomic mass is 32.1. The number of nitro benzene ring substituents is 1. The molecule has 1 aromatic carbocycles. The number of carbonyl (C=O) groups is 1. The third kappa shape index (κ3) is 3.54. The minimum atomic E-state index is -1.13. The van der Waals surface area contributed by atoms with Crippen LogP contribution in [0.3, 0.4) is 0 Å². The molecule has 9 heteroatoms. The minimum Gasteiger partial charge on any atom is -0.465 e. The average molecular weight is 298 g/mol. The third-order valence-electron chi connectivity index (χ3n) is 2.77. The van der Waals surface area contributed by atoms with Crippen molar-refractivity contribution in [3.05, 3.63) is 28.3 Å². The van der Waals surface area contributed by atoms with Crippen LogP contribution in [-0.4, -0.2) is 39.1 Å². The molecule has 0 heterocycles. The minimum absolute atomic E-state index is 0.135. The van der Waals surface area contributed by atoms with Crippen molar-refractivity contribution in [2.24, 2.45) is 0 Å². The lowest BCUT2D eigenvalue weighted by Crippen LogP contribution is -2.41. The zero-order valence-corrected chi connectivity index (χ0v) is 11.7. The van der Waals surface area contributed by atoms with Gasteiger partial charge in [0.1, 0.15) is 4.99 Å². The first kappa shape index (κ1) is 15.6. The Kier molecular flexibility index (Phi) is 4.81. The van der Waals surface area contributed by atoms with Crippen LogP contribution in [-0.2, 0) is 0 Å². The van der Waals surface area contributed by atoms with Gasteiger partial charge in [-0.2, -0.15) is 0 Å². The number of nitrogen functional groups attached to an aromatic ring is 1. The zero-order valence-electron chi connectivity index (χ0n) is 10.9. The van der Waals surface area contributed by atoms with Gasteiger partial charge in [-0.05, 0) is 13.0 Å². The monoisotopic (exact) mass is 298 g/mol. The van der Waals surface area contributed by atoms with Crippen LogP contribution < -0.4 is 11.1 Å². The SMILES string of the molecule is C[C@@H](C(=S)Nc1cc([N+](=O)[O-])ccc1N)N(C)C(=O)O. The molecule has 1 amide bonds. The van der Waals surface area contributed by atoms with Gasteiger partial charge in [0.2, 0.25) is 0 Å². The first-order valence-electron chi connectivity index (χ1n) is 5.54. The topological polar surface area (TPSA) is 122 Å². The summed E-state index contributed by atoms with van der Waals surface area (Å²) in [5.41, 5.74) is 6.12. The summed E-state index contributed by atoms with van der Waals surface area (Å²) in [6.07, 6.45) is -1.13. The number of hydrogen-bond donors (Lipinski definition) is 3. The van der Waals surface area contributed by atoms with Crippen molar-refractivity contribution in [1.82, 2.24) is 4.90 Å². The lowest BCUT2D eigenvalue weighted by atomic mass is 10.2. The van der Waals surface area contributed by atoms with E-state index in [1.54, 1.807) is 6.92 Å². The highest BCUT2D eigenvalue weighted by Crippen LogP contribution is 2.24. The van der Waals surface area contributed by atoms with Gasteiger partial charge in [0, 0.05) is 19.2 Å². The van der Waals surface area contributed by atoms with Gasteiger partial charge in [0.05, 0.1) is 22.3 Å². The summed E-state index contributed by atoms with van der Waals surface area (Å²) in [7, 11) is 1.37. The first-order valence-corrected chi connectivity index (χ1v) is 5.95. The van der Waals surface area contributed by atoms with Crippen LogP contribution in [0.4, 0.5) is 21.9 Å². The normalized spacial score (nSPS) is 11.5. The largest absolute Gasteiger partial charge is 0.465 e. The van der Waals surface area contributed by atoms with Crippen LogP contribution in [0.25, 0.3) is 0 Å². The maximum Gasteiger partial charge on any atom is 0.407 e. The Bertz CT molecular complexity index is 563. The number of nitrogens with zero attached hydrogens (tertiary/aromatic N) is 2. The van der Waals surface area contributed by atoms with Crippen molar-refractivity contribution in [1.29, 1.82) is 0 Å². The van der Waals surface area contributed by atoms with Crippen molar-refractivity contribution in [2.45, 2.75) is 13.0 Å². The summed E-state index contributed by atoms with van der Waals surface area (Å²) in [4.78, 5) is 22.2. The molecule has 4 N–H and O–H groups in total. The maximum absolute atomic E-state index is 10.8. The van der Waals surface area contributed by atoms with Gasteiger partial charge in [-0.3, -0.25) is 10.1 Å². The Morgan fingerprint density at radius 1 is 1.60 bits per heavy atom. The van der Waals surface area contributed by atoms with E-state index in [1.165, 1.54) is 25.2 Å².